The number of ether oxygens (including phenoxy) is 2. The second-order valence-electron chi connectivity index (χ2n) is 2.80. The molecule has 2 N–H and O–H groups in total. The minimum atomic E-state index is -0.733. The van der Waals surface area contributed by atoms with Crippen molar-refractivity contribution in [3.05, 3.63) is 0 Å². The molecule has 4 atom stereocenters. The molecule has 1 rings (SSSR count). The summed E-state index contributed by atoms with van der Waals surface area (Å²) < 4.78 is 9.96. The maximum Gasteiger partial charge on any atom is 0.114 e. The van der Waals surface area contributed by atoms with Gasteiger partial charge in [-0.3, -0.25) is 0 Å². The van der Waals surface area contributed by atoms with Crippen molar-refractivity contribution >= 4 is 0 Å². The zero-order valence-corrected chi connectivity index (χ0v) is 6.73. The zero-order chi connectivity index (χ0) is 8.43. The Balaban J connectivity index is 2.55. The number of rotatable bonds is 1. The molecule has 66 valence electrons. The first-order valence-corrected chi connectivity index (χ1v) is 3.67. The summed E-state index contributed by atoms with van der Waals surface area (Å²) in [6.45, 7) is 1.99. The molecule has 1 aliphatic heterocycles. The van der Waals surface area contributed by atoms with Crippen molar-refractivity contribution in [1.29, 1.82) is 0 Å². The zero-order valence-electron chi connectivity index (χ0n) is 6.73. The molecule has 1 aliphatic rings. The molecule has 4 nitrogen and oxygen atoms in total. The van der Waals surface area contributed by atoms with Crippen LogP contribution in [0.4, 0.5) is 0 Å². The molecule has 4 heteroatoms. The molecule has 1 saturated heterocycles. The Labute approximate surface area is 65.7 Å². The van der Waals surface area contributed by atoms with Gasteiger partial charge in [0.15, 0.2) is 0 Å². The van der Waals surface area contributed by atoms with Crippen molar-refractivity contribution < 1.29 is 19.7 Å². The number of hydrogen-bond donors (Lipinski definition) is 2. The van der Waals surface area contributed by atoms with Gasteiger partial charge in [-0.2, -0.15) is 0 Å². The second kappa shape index (κ2) is 3.49. The lowest BCUT2D eigenvalue weighted by atomic mass is 10.0. The van der Waals surface area contributed by atoms with Gasteiger partial charge in [0, 0.05) is 7.11 Å². The lowest BCUT2D eigenvalue weighted by molar-refractivity contribution is -0.190. The van der Waals surface area contributed by atoms with E-state index in [1.54, 1.807) is 6.92 Å². The SMILES string of the molecule is CO[C@H]1[C@@H](O)[C@@H](C)OC[C@@H]1O. The molecule has 0 aromatic carbocycles. The van der Waals surface area contributed by atoms with E-state index in [0.29, 0.717) is 0 Å². The van der Waals surface area contributed by atoms with E-state index in [1.165, 1.54) is 7.11 Å². The lowest BCUT2D eigenvalue weighted by Crippen LogP contribution is -2.52. The number of methoxy groups -OCH3 is 1. The van der Waals surface area contributed by atoms with Gasteiger partial charge in [-0.05, 0) is 6.92 Å². The van der Waals surface area contributed by atoms with Crippen LogP contribution in [0.1, 0.15) is 6.92 Å². The average molecular weight is 162 g/mol. The maximum absolute atomic E-state index is 9.40. The summed E-state index contributed by atoms with van der Waals surface area (Å²) in [5.41, 5.74) is 0. The Hall–Kier alpha value is -0.160. The Bertz CT molecular complexity index is 128. The van der Waals surface area contributed by atoms with Gasteiger partial charge >= 0.3 is 0 Å². The van der Waals surface area contributed by atoms with Gasteiger partial charge in [0.05, 0.1) is 12.7 Å². The molecule has 0 aliphatic carbocycles. The van der Waals surface area contributed by atoms with E-state index < -0.39 is 18.3 Å². The molecule has 0 spiro atoms. The molecule has 0 radical (unpaired) electrons. The van der Waals surface area contributed by atoms with E-state index in [9.17, 15) is 10.2 Å². The van der Waals surface area contributed by atoms with Crippen LogP contribution in [0.15, 0.2) is 0 Å². The third-order valence-corrected chi connectivity index (χ3v) is 2.00. The van der Waals surface area contributed by atoms with Crippen molar-refractivity contribution in [2.24, 2.45) is 0 Å². The van der Waals surface area contributed by atoms with Crippen LogP contribution in [0.5, 0.6) is 0 Å². The van der Waals surface area contributed by atoms with Crippen LogP contribution in [-0.4, -0.2) is 48.3 Å². The highest BCUT2D eigenvalue weighted by molar-refractivity contribution is 4.85. The van der Waals surface area contributed by atoms with Crippen LogP contribution in [0.3, 0.4) is 0 Å². The number of hydrogen-bond acceptors (Lipinski definition) is 4. The Morgan fingerprint density at radius 1 is 1.45 bits per heavy atom. The quantitative estimate of drug-likeness (QED) is 0.527. The van der Waals surface area contributed by atoms with E-state index >= 15 is 0 Å². The summed E-state index contributed by atoms with van der Waals surface area (Å²) in [7, 11) is 1.47. The minimum Gasteiger partial charge on any atom is -0.388 e. The number of aliphatic hydroxyl groups is 2. The highest BCUT2D eigenvalue weighted by Gasteiger charge is 2.36. The summed E-state index contributed by atoms with van der Waals surface area (Å²) in [6.07, 6.45) is -2.22. The second-order valence-corrected chi connectivity index (χ2v) is 2.80. The molecular weight excluding hydrogens is 148 g/mol. The predicted molar refractivity (Wildman–Crippen MR) is 38.2 cm³/mol. The summed E-state index contributed by atoms with van der Waals surface area (Å²) in [5, 5.41) is 18.6. The molecule has 11 heavy (non-hydrogen) atoms. The topological polar surface area (TPSA) is 58.9 Å². The Morgan fingerprint density at radius 2 is 2.09 bits per heavy atom. The summed E-state index contributed by atoms with van der Waals surface area (Å²) >= 11 is 0. The van der Waals surface area contributed by atoms with Crippen LogP contribution in [0.25, 0.3) is 0 Å². The smallest absolute Gasteiger partial charge is 0.114 e. The summed E-state index contributed by atoms with van der Waals surface area (Å²) in [4.78, 5) is 0. The third kappa shape index (κ3) is 1.70. The maximum atomic E-state index is 9.40. The first-order chi connectivity index (χ1) is 5.16. The molecule has 0 saturated carbocycles. The lowest BCUT2D eigenvalue weighted by Gasteiger charge is -2.35. The van der Waals surface area contributed by atoms with Crippen molar-refractivity contribution in [3.63, 3.8) is 0 Å². The van der Waals surface area contributed by atoms with Crippen molar-refractivity contribution in [3.8, 4) is 0 Å². The van der Waals surface area contributed by atoms with Crippen molar-refractivity contribution in [2.75, 3.05) is 13.7 Å². The average Bonchev–Trinajstić information content (AvgIpc) is 1.99. The predicted octanol–water partition coefficient (Wildman–Crippen LogP) is -0.858. The fourth-order valence-electron chi connectivity index (χ4n) is 1.24. The highest BCUT2D eigenvalue weighted by Crippen LogP contribution is 2.16. The molecule has 0 bridgehead atoms. The molecule has 1 heterocycles. The van der Waals surface area contributed by atoms with E-state index in [-0.39, 0.29) is 12.7 Å². The van der Waals surface area contributed by atoms with Crippen molar-refractivity contribution in [2.45, 2.75) is 31.3 Å². The van der Waals surface area contributed by atoms with Crippen LogP contribution in [0.2, 0.25) is 0 Å². The van der Waals surface area contributed by atoms with Gasteiger partial charge in [0.1, 0.15) is 18.3 Å². The molecule has 0 unspecified atom stereocenters. The molecule has 1 fully saturated rings. The molecule has 0 amide bonds. The van der Waals surface area contributed by atoms with Gasteiger partial charge in [-0.1, -0.05) is 0 Å². The normalized spacial score (nSPS) is 45.8. The largest absolute Gasteiger partial charge is 0.388 e. The molecule has 0 aromatic heterocycles. The van der Waals surface area contributed by atoms with Crippen molar-refractivity contribution in [1.82, 2.24) is 0 Å². The van der Waals surface area contributed by atoms with Gasteiger partial charge in [-0.15, -0.1) is 0 Å². The van der Waals surface area contributed by atoms with Crippen LogP contribution >= 0.6 is 0 Å². The van der Waals surface area contributed by atoms with E-state index in [4.69, 9.17) is 9.47 Å². The Kier molecular flexibility index (Phi) is 2.84. The van der Waals surface area contributed by atoms with Crippen LogP contribution < -0.4 is 0 Å². The van der Waals surface area contributed by atoms with Crippen LogP contribution in [-0.2, 0) is 9.47 Å². The number of aliphatic hydroxyl groups excluding tert-OH is 2. The summed E-state index contributed by atoms with van der Waals surface area (Å²) in [5.74, 6) is 0. The highest BCUT2D eigenvalue weighted by atomic mass is 16.5. The molecular formula is C7H14O4. The fourth-order valence-corrected chi connectivity index (χ4v) is 1.24. The van der Waals surface area contributed by atoms with Gasteiger partial charge in [-0.25, -0.2) is 0 Å². The Morgan fingerprint density at radius 3 is 2.55 bits per heavy atom. The summed E-state index contributed by atoms with van der Waals surface area (Å²) in [6, 6.07) is 0. The van der Waals surface area contributed by atoms with E-state index in [2.05, 4.69) is 0 Å². The van der Waals surface area contributed by atoms with Crippen LogP contribution in [0, 0.1) is 0 Å². The van der Waals surface area contributed by atoms with Gasteiger partial charge in [0.25, 0.3) is 0 Å². The van der Waals surface area contributed by atoms with E-state index in [1.807, 2.05) is 0 Å². The monoisotopic (exact) mass is 162 g/mol. The molecule has 0 aromatic rings. The van der Waals surface area contributed by atoms with Gasteiger partial charge < -0.3 is 19.7 Å². The van der Waals surface area contributed by atoms with Gasteiger partial charge in [0.2, 0.25) is 0 Å². The van der Waals surface area contributed by atoms with E-state index in [0.717, 1.165) is 0 Å². The standard InChI is InChI=1S/C7H14O4/c1-4-6(9)7(10-2)5(8)3-11-4/h4-9H,3H2,1-2H3/t4-,5+,6+,7-/m1/s1. The first-order valence-electron chi connectivity index (χ1n) is 3.67. The first kappa shape index (κ1) is 8.93. The fraction of sp³-hybridized carbons (Fsp3) is 1.00. The minimum absolute atomic E-state index is 0.233. The third-order valence-electron chi connectivity index (χ3n) is 2.00.